The molecule has 0 radical (unpaired) electrons. The van der Waals surface area contributed by atoms with Crippen LogP contribution in [0, 0.1) is 13.8 Å². The van der Waals surface area contributed by atoms with Crippen LogP contribution < -0.4 is 10.3 Å². The number of aryl methyl sites for hydroxylation is 2. The molecule has 2 aromatic carbocycles. The molecule has 4 rings (SSSR count). The molecule has 0 spiro atoms. The lowest BCUT2D eigenvalue weighted by atomic mass is 10.0. The van der Waals surface area contributed by atoms with Gasteiger partial charge in [-0.3, -0.25) is 4.79 Å². The number of nitrogens with zero attached hydrogens (tertiary/aromatic N) is 2. The second kappa shape index (κ2) is 7.30. The summed E-state index contributed by atoms with van der Waals surface area (Å²) in [5.74, 6) is 0.995. The maximum absolute atomic E-state index is 13.3. The molecule has 2 aromatic heterocycles. The van der Waals surface area contributed by atoms with Crippen molar-refractivity contribution in [3.05, 3.63) is 75.4 Å². The zero-order chi connectivity index (χ0) is 21.6. The van der Waals surface area contributed by atoms with Gasteiger partial charge in [-0.25, -0.2) is 8.42 Å². The molecule has 9 heteroatoms. The first-order valence-electron chi connectivity index (χ1n) is 8.92. The monoisotopic (exact) mass is 444 g/mol. The first kappa shape index (κ1) is 20.2. The number of aromatic nitrogens is 2. The van der Waals surface area contributed by atoms with Gasteiger partial charge in [0.05, 0.1) is 28.8 Å². The summed E-state index contributed by atoms with van der Waals surface area (Å²) >= 11 is 5.87. The Kier molecular flexibility index (Phi) is 4.91. The van der Waals surface area contributed by atoms with Crippen LogP contribution >= 0.6 is 11.6 Å². The lowest BCUT2D eigenvalue weighted by molar-refractivity contribution is 0.393. The SMILES string of the molecule is COc1cc2c(ccc(=O)n2S(=O)(=O)c2ccc(Cl)cc2)cc1-c1c(C)noc1C. The van der Waals surface area contributed by atoms with Crippen LogP contribution in [0.5, 0.6) is 5.75 Å². The van der Waals surface area contributed by atoms with Crippen LogP contribution in [0.1, 0.15) is 11.5 Å². The highest BCUT2D eigenvalue weighted by Crippen LogP contribution is 2.37. The molecule has 0 N–H and O–H groups in total. The number of pyridine rings is 1. The first-order chi connectivity index (χ1) is 14.2. The molecule has 4 aromatic rings. The molecule has 0 aliphatic rings. The fourth-order valence-corrected chi connectivity index (χ4v) is 4.97. The molecule has 0 saturated heterocycles. The standard InChI is InChI=1S/C21H17ClN2O5S/c1-12-21(13(2)29-23-12)17-10-14-4-9-20(25)24(18(14)11-19(17)28-3)30(26,27)16-7-5-15(22)6-8-16/h4-11H,1-3H3. The highest BCUT2D eigenvalue weighted by atomic mass is 35.5. The van der Waals surface area contributed by atoms with Crippen molar-refractivity contribution in [2.24, 2.45) is 0 Å². The molecule has 0 aliphatic heterocycles. The van der Waals surface area contributed by atoms with Gasteiger partial charge in [0.25, 0.3) is 15.6 Å². The van der Waals surface area contributed by atoms with Gasteiger partial charge in [0.1, 0.15) is 11.5 Å². The second-order valence-electron chi connectivity index (χ2n) is 6.71. The Balaban J connectivity index is 2.04. The van der Waals surface area contributed by atoms with E-state index in [1.54, 1.807) is 26.0 Å². The van der Waals surface area contributed by atoms with Crippen molar-refractivity contribution in [1.29, 1.82) is 0 Å². The van der Waals surface area contributed by atoms with E-state index in [9.17, 15) is 13.2 Å². The van der Waals surface area contributed by atoms with E-state index in [-0.39, 0.29) is 10.4 Å². The number of hydrogen-bond donors (Lipinski definition) is 0. The minimum Gasteiger partial charge on any atom is -0.496 e. The fourth-order valence-electron chi connectivity index (χ4n) is 3.43. The average molecular weight is 445 g/mol. The maximum Gasteiger partial charge on any atom is 0.271 e. The number of ether oxygens (including phenoxy) is 1. The van der Waals surface area contributed by atoms with E-state index in [4.69, 9.17) is 20.9 Å². The van der Waals surface area contributed by atoms with E-state index >= 15 is 0 Å². The van der Waals surface area contributed by atoms with Crippen LogP contribution in [0.2, 0.25) is 5.02 Å². The lowest BCUT2D eigenvalue weighted by Gasteiger charge is -2.15. The minimum atomic E-state index is -4.16. The summed E-state index contributed by atoms with van der Waals surface area (Å²) in [6.45, 7) is 3.59. The third-order valence-corrected chi connectivity index (χ3v) is 6.81. The molecular weight excluding hydrogens is 428 g/mol. The van der Waals surface area contributed by atoms with Gasteiger partial charge < -0.3 is 9.26 Å². The van der Waals surface area contributed by atoms with Crippen LogP contribution in [0.3, 0.4) is 0 Å². The van der Waals surface area contributed by atoms with E-state index in [1.807, 2.05) is 0 Å². The normalized spacial score (nSPS) is 11.7. The predicted octanol–water partition coefficient (Wildman–Crippen LogP) is 4.17. The quantitative estimate of drug-likeness (QED) is 0.469. The molecule has 0 atom stereocenters. The van der Waals surface area contributed by atoms with Crippen molar-refractivity contribution in [1.82, 2.24) is 9.13 Å². The van der Waals surface area contributed by atoms with E-state index in [2.05, 4.69) is 5.16 Å². The molecule has 0 saturated carbocycles. The van der Waals surface area contributed by atoms with Gasteiger partial charge in [-0.1, -0.05) is 16.8 Å². The van der Waals surface area contributed by atoms with Crippen LogP contribution in [0.4, 0.5) is 0 Å². The van der Waals surface area contributed by atoms with E-state index in [1.165, 1.54) is 43.5 Å². The van der Waals surface area contributed by atoms with Crippen LogP contribution in [0.15, 0.2) is 62.7 Å². The van der Waals surface area contributed by atoms with Crippen molar-refractivity contribution in [3.63, 3.8) is 0 Å². The molecule has 30 heavy (non-hydrogen) atoms. The van der Waals surface area contributed by atoms with E-state index < -0.39 is 15.6 Å². The van der Waals surface area contributed by atoms with Gasteiger partial charge in [-0.05, 0) is 50.2 Å². The van der Waals surface area contributed by atoms with E-state index in [0.717, 1.165) is 9.54 Å². The van der Waals surface area contributed by atoms with Gasteiger partial charge in [-0.2, -0.15) is 3.97 Å². The summed E-state index contributed by atoms with van der Waals surface area (Å²) in [6, 6.07) is 11.7. The smallest absolute Gasteiger partial charge is 0.271 e. The Hall–Kier alpha value is -3.10. The molecule has 0 aliphatic carbocycles. The van der Waals surface area contributed by atoms with Crippen molar-refractivity contribution in [2.45, 2.75) is 18.7 Å². The number of halogens is 1. The Morgan fingerprint density at radius 2 is 1.77 bits per heavy atom. The zero-order valence-electron chi connectivity index (χ0n) is 16.3. The molecule has 154 valence electrons. The van der Waals surface area contributed by atoms with Gasteiger partial charge in [0, 0.05) is 28.1 Å². The lowest BCUT2D eigenvalue weighted by Crippen LogP contribution is -2.27. The highest BCUT2D eigenvalue weighted by Gasteiger charge is 2.23. The minimum absolute atomic E-state index is 0.0460. The third-order valence-electron chi connectivity index (χ3n) is 4.83. The molecule has 0 unspecified atom stereocenters. The third kappa shape index (κ3) is 3.18. The fraction of sp³-hybridized carbons (Fsp3) is 0.143. The molecular formula is C21H17ClN2O5S. The molecule has 0 bridgehead atoms. The van der Waals surface area contributed by atoms with Crippen molar-refractivity contribution in [2.75, 3.05) is 7.11 Å². The van der Waals surface area contributed by atoms with Gasteiger partial charge in [0.15, 0.2) is 0 Å². The Morgan fingerprint density at radius 3 is 2.37 bits per heavy atom. The molecule has 0 fully saturated rings. The van der Waals surface area contributed by atoms with Crippen LogP contribution in [0.25, 0.3) is 22.0 Å². The summed E-state index contributed by atoms with van der Waals surface area (Å²) in [7, 11) is -2.69. The number of fused-ring (bicyclic) bond motifs is 1. The van der Waals surface area contributed by atoms with Crippen LogP contribution in [-0.2, 0) is 10.0 Å². The van der Waals surface area contributed by atoms with Crippen molar-refractivity contribution in [3.8, 4) is 16.9 Å². The zero-order valence-corrected chi connectivity index (χ0v) is 17.9. The topological polar surface area (TPSA) is 91.4 Å². The molecule has 7 nitrogen and oxygen atoms in total. The average Bonchev–Trinajstić information content (AvgIpc) is 3.05. The van der Waals surface area contributed by atoms with Gasteiger partial charge >= 0.3 is 0 Å². The summed E-state index contributed by atoms with van der Waals surface area (Å²) in [5, 5.41) is 4.91. The van der Waals surface area contributed by atoms with Crippen molar-refractivity contribution >= 4 is 32.5 Å². The molecule has 0 amide bonds. The number of methoxy groups -OCH3 is 1. The van der Waals surface area contributed by atoms with Crippen molar-refractivity contribution < 1.29 is 17.7 Å². The highest BCUT2D eigenvalue weighted by molar-refractivity contribution is 7.90. The summed E-state index contributed by atoms with van der Waals surface area (Å²) < 4.78 is 38.1. The largest absolute Gasteiger partial charge is 0.496 e. The second-order valence-corrected chi connectivity index (χ2v) is 8.93. The number of rotatable bonds is 4. The Bertz CT molecular complexity index is 1420. The summed E-state index contributed by atoms with van der Waals surface area (Å²) in [6.07, 6.45) is 0. The predicted molar refractivity (Wildman–Crippen MR) is 114 cm³/mol. The van der Waals surface area contributed by atoms with E-state index in [0.29, 0.717) is 33.2 Å². The summed E-state index contributed by atoms with van der Waals surface area (Å²) in [5.41, 5.74) is 1.64. The number of hydrogen-bond acceptors (Lipinski definition) is 6. The maximum atomic E-state index is 13.3. The number of benzene rings is 2. The Morgan fingerprint density at radius 1 is 1.07 bits per heavy atom. The van der Waals surface area contributed by atoms with Gasteiger partial charge in [0.2, 0.25) is 0 Å². The molecule has 2 heterocycles. The summed E-state index contributed by atoms with van der Waals surface area (Å²) in [4.78, 5) is 12.6. The van der Waals surface area contributed by atoms with Gasteiger partial charge in [-0.15, -0.1) is 0 Å². The Labute approximate surface area is 177 Å². The first-order valence-corrected chi connectivity index (χ1v) is 10.7. The van der Waals surface area contributed by atoms with Crippen LogP contribution in [-0.4, -0.2) is 24.7 Å².